The molecule has 0 bridgehead atoms. The molecule has 31 heavy (non-hydrogen) atoms. The van der Waals surface area contributed by atoms with Crippen molar-refractivity contribution in [1.82, 2.24) is 5.32 Å². The molecule has 0 saturated heterocycles. The van der Waals surface area contributed by atoms with Crippen LogP contribution in [0.15, 0.2) is 42.5 Å². The molecule has 0 aliphatic rings. The molecule has 0 heterocycles. The van der Waals surface area contributed by atoms with Gasteiger partial charge in [0.1, 0.15) is 18.0 Å². The maximum Gasteiger partial charge on any atom is 0.240 e. The molecule has 0 aliphatic heterocycles. The third-order valence-electron chi connectivity index (χ3n) is 4.55. The van der Waals surface area contributed by atoms with E-state index < -0.39 is 10.0 Å². The first kappa shape index (κ1) is 24.5. The maximum atomic E-state index is 12.4. The van der Waals surface area contributed by atoms with Crippen molar-refractivity contribution in [3.63, 3.8) is 0 Å². The molecule has 0 unspecified atom stereocenters. The van der Waals surface area contributed by atoms with Crippen LogP contribution in [-0.4, -0.2) is 46.9 Å². The number of anilines is 1. The van der Waals surface area contributed by atoms with Gasteiger partial charge in [0.15, 0.2) is 0 Å². The molecular weight excluding hydrogens is 416 g/mol. The number of carbonyl (C=O) groups excluding carboxylic acids is 1. The number of aryl methyl sites for hydroxylation is 2. The summed E-state index contributed by atoms with van der Waals surface area (Å²) in [5, 5.41) is 2.80. The zero-order valence-electron chi connectivity index (χ0n) is 18.8. The number of hydrogen-bond donors (Lipinski definition) is 1. The Hall–Kier alpha value is -2.74. The first-order valence-electron chi connectivity index (χ1n) is 10.2. The lowest BCUT2D eigenvalue weighted by Gasteiger charge is -2.24. The summed E-state index contributed by atoms with van der Waals surface area (Å²) < 4.78 is 36.7. The van der Waals surface area contributed by atoms with Gasteiger partial charge < -0.3 is 14.8 Å². The van der Waals surface area contributed by atoms with Gasteiger partial charge in [-0.1, -0.05) is 18.2 Å². The highest BCUT2D eigenvalue weighted by Gasteiger charge is 2.24. The number of methoxy groups -OCH3 is 1. The van der Waals surface area contributed by atoms with Gasteiger partial charge in [0.2, 0.25) is 15.9 Å². The fourth-order valence-electron chi connectivity index (χ4n) is 3.09. The van der Waals surface area contributed by atoms with Crippen LogP contribution in [0, 0.1) is 6.92 Å². The van der Waals surface area contributed by atoms with Crippen molar-refractivity contribution in [1.29, 1.82) is 0 Å². The minimum absolute atomic E-state index is 0.132. The molecule has 1 N–H and O–H groups in total. The van der Waals surface area contributed by atoms with Gasteiger partial charge in [-0.15, -0.1) is 0 Å². The average Bonchev–Trinajstić information content (AvgIpc) is 2.69. The van der Waals surface area contributed by atoms with Crippen molar-refractivity contribution in [2.24, 2.45) is 0 Å². The molecule has 7 nitrogen and oxygen atoms in total. The zero-order chi connectivity index (χ0) is 23.0. The molecular formula is C23H32N2O5S. The Bertz CT molecular complexity index is 972. The van der Waals surface area contributed by atoms with Gasteiger partial charge in [0, 0.05) is 6.54 Å². The lowest BCUT2D eigenvalue weighted by molar-refractivity contribution is -0.119. The van der Waals surface area contributed by atoms with E-state index in [4.69, 9.17) is 9.47 Å². The Labute approximate surface area is 185 Å². The van der Waals surface area contributed by atoms with E-state index in [9.17, 15) is 13.2 Å². The summed E-state index contributed by atoms with van der Waals surface area (Å²) in [7, 11) is -2.20. The molecule has 8 heteroatoms. The quantitative estimate of drug-likeness (QED) is 0.533. The second kappa shape index (κ2) is 11.0. The summed E-state index contributed by atoms with van der Waals surface area (Å²) in [5.74, 6) is 0.864. The number of hydrogen-bond acceptors (Lipinski definition) is 5. The van der Waals surface area contributed by atoms with Gasteiger partial charge in [-0.05, 0) is 69.0 Å². The Morgan fingerprint density at radius 3 is 2.39 bits per heavy atom. The first-order valence-corrected chi connectivity index (χ1v) is 12.1. The van der Waals surface area contributed by atoms with Gasteiger partial charge in [-0.2, -0.15) is 0 Å². The van der Waals surface area contributed by atoms with Crippen LogP contribution in [0.2, 0.25) is 0 Å². The van der Waals surface area contributed by atoms with Gasteiger partial charge in [-0.3, -0.25) is 9.10 Å². The van der Waals surface area contributed by atoms with Gasteiger partial charge >= 0.3 is 0 Å². The predicted octanol–water partition coefficient (Wildman–Crippen LogP) is 3.31. The number of carbonyl (C=O) groups is 1. The number of amides is 1. The second-order valence-corrected chi connectivity index (χ2v) is 9.62. The van der Waals surface area contributed by atoms with E-state index in [0.717, 1.165) is 40.3 Å². The zero-order valence-corrected chi connectivity index (χ0v) is 19.7. The smallest absolute Gasteiger partial charge is 0.240 e. The van der Waals surface area contributed by atoms with E-state index >= 15 is 0 Å². The molecule has 2 aromatic rings. The molecule has 0 spiro atoms. The summed E-state index contributed by atoms with van der Waals surface area (Å²) in [5.41, 5.74) is 2.37. The van der Waals surface area contributed by atoms with E-state index in [1.54, 1.807) is 12.1 Å². The fourth-order valence-corrected chi connectivity index (χ4v) is 3.94. The number of benzene rings is 2. The van der Waals surface area contributed by atoms with Gasteiger partial charge in [0.25, 0.3) is 0 Å². The Balaban J connectivity index is 1.92. The van der Waals surface area contributed by atoms with Crippen LogP contribution in [0.5, 0.6) is 11.5 Å². The lowest BCUT2D eigenvalue weighted by Crippen LogP contribution is -2.40. The van der Waals surface area contributed by atoms with Crippen LogP contribution < -0.4 is 19.1 Å². The Morgan fingerprint density at radius 1 is 1.13 bits per heavy atom. The Morgan fingerprint density at radius 2 is 1.81 bits per heavy atom. The lowest BCUT2D eigenvalue weighted by atomic mass is 10.1. The SMILES string of the molecule is COc1ccc(C)cc1N(CC(=O)NCCCc1ccc(OC(C)C)cc1)S(C)(=O)=O. The third-order valence-corrected chi connectivity index (χ3v) is 5.68. The molecule has 0 radical (unpaired) electrons. The van der Waals surface area contributed by atoms with Crippen molar-refractivity contribution in [3.8, 4) is 11.5 Å². The van der Waals surface area contributed by atoms with Crippen LogP contribution in [0.4, 0.5) is 5.69 Å². The monoisotopic (exact) mass is 448 g/mol. The van der Waals surface area contributed by atoms with Crippen molar-refractivity contribution in [2.75, 3.05) is 30.8 Å². The number of nitrogens with zero attached hydrogens (tertiary/aromatic N) is 1. The number of sulfonamides is 1. The molecule has 2 rings (SSSR count). The number of rotatable bonds is 11. The van der Waals surface area contributed by atoms with Gasteiger partial charge in [-0.25, -0.2) is 8.42 Å². The van der Waals surface area contributed by atoms with Crippen LogP contribution in [0.25, 0.3) is 0 Å². The first-order chi connectivity index (χ1) is 14.6. The second-order valence-electron chi connectivity index (χ2n) is 7.71. The van der Waals surface area contributed by atoms with Crippen molar-refractivity contribution in [2.45, 2.75) is 39.7 Å². The van der Waals surface area contributed by atoms with Crippen molar-refractivity contribution < 1.29 is 22.7 Å². The van der Waals surface area contributed by atoms with Crippen molar-refractivity contribution in [3.05, 3.63) is 53.6 Å². The highest BCUT2D eigenvalue weighted by molar-refractivity contribution is 7.92. The van der Waals surface area contributed by atoms with E-state index in [-0.39, 0.29) is 18.6 Å². The summed E-state index contributed by atoms with van der Waals surface area (Å²) in [6.07, 6.45) is 2.74. The molecule has 1 amide bonds. The number of nitrogens with one attached hydrogen (secondary N) is 1. The van der Waals surface area contributed by atoms with Crippen LogP contribution in [0.1, 0.15) is 31.4 Å². The molecule has 0 saturated carbocycles. The third kappa shape index (κ3) is 7.79. The molecule has 0 fully saturated rings. The van der Waals surface area contributed by atoms with E-state index in [0.29, 0.717) is 18.0 Å². The standard InChI is InChI=1S/C23H32N2O5S/c1-17(2)30-20-11-9-19(10-12-20)7-6-14-24-23(26)16-25(31(5,27)28)21-15-18(3)8-13-22(21)29-4/h8-13,15,17H,6-7,14,16H2,1-5H3,(H,24,26). The predicted molar refractivity (Wildman–Crippen MR) is 123 cm³/mol. The number of ether oxygens (including phenoxy) is 2. The molecule has 0 aliphatic carbocycles. The topological polar surface area (TPSA) is 84.9 Å². The van der Waals surface area contributed by atoms with Crippen LogP contribution in [0.3, 0.4) is 0 Å². The summed E-state index contributed by atoms with van der Waals surface area (Å²) in [6.45, 7) is 5.96. The molecule has 0 atom stereocenters. The molecule has 170 valence electrons. The minimum atomic E-state index is -3.67. The average molecular weight is 449 g/mol. The fraction of sp³-hybridized carbons (Fsp3) is 0.435. The maximum absolute atomic E-state index is 12.4. The summed E-state index contributed by atoms with van der Waals surface area (Å²) in [4.78, 5) is 12.4. The largest absolute Gasteiger partial charge is 0.495 e. The normalized spacial score (nSPS) is 11.3. The van der Waals surface area contributed by atoms with E-state index in [1.165, 1.54) is 7.11 Å². The van der Waals surface area contributed by atoms with Crippen LogP contribution >= 0.6 is 0 Å². The van der Waals surface area contributed by atoms with E-state index in [2.05, 4.69) is 5.32 Å². The molecule has 0 aromatic heterocycles. The Kier molecular flexibility index (Phi) is 8.74. The summed E-state index contributed by atoms with van der Waals surface area (Å²) in [6, 6.07) is 13.1. The summed E-state index contributed by atoms with van der Waals surface area (Å²) >= 11 is 0. The van der Waals surface area contributed by atoms with Crippen molar-refractivity contribution >= 4 is 21.6 Å². The highest BCUT2D eigenvalue weighted by Crippen LogP contribution is 2.30. The highest BCUT2D eigenvalue weighted by atomic mass is 32.2. The minimum Gasteiger partial charge on any atom is -0.495 e. The van der Waals surface area contributed by atoms with Gasteiger partial charge in [0.05, 0.1) is 25.2 Å². The van der Waals surface area contributed by atoms with E-state index in [1.807, 2.05) is 51.1 Å². The van der Waals surface area contributed by atoms with Crippen LogP contribution in [-0.2, 0) is 21.2 Å². The molecule has 2 aromatic carbocycles.